The van der Waals surface area contributed by atoms with Crippen LogP contribution in [-0.2, 0) is 16.1 Å². The van der Waals surface area contributed by atoms with E-state index >= 15 is 0 Å². The highest BCUT2D eigenvalue weighted by atomic mass is 16.5. The molecule has 0 saturated carbocycles. The molecule has 0 aliphatic carbocycles. The fourth-order valence-electron chi connectivity index (χ4n) is 1.53. The number of amides is 1. The van der Waals surface area contributed by atoms with Crippen LogP contribution in [0, 0.1) is 0 Å². The first-order valence-electron chi connectivity index (χ1n) is 6.30. The van der Waals surface area contributed by atoms with Crippen LogP contribution >= 0.6 is 0 Å². The first-order valence-corrected chi connectivity index (χ1v) is 6.30. The number of carbonyl (C=O) groups is 2. The molecule has 1 aromatic rings. The highest BCUT2D eigenvalue weighted by Gasteiger charge is 2.03. The normalized spacial score (nSPS) is 10.2. The van der Waals surface area contributed by atoms with E-state index in [1.807, 2.05) is 6.92 Å². The largest absolute Gasteiger partial charge is 0.478 e. The van der Waals surface area contributed by atoms with Crippen LogP contribution in [0.5, 0.6) is 0 Å². The molecule has 1 rings (SSSR count). The van der Waals surface area contributed by atoms with Crippen molar-refractivity contribution in [2.45, 2.75) is 26.3 Å². The average Bonchev–Trinajstić information content (AvgIpc) is 2.42. The molecule has 0 radical (unpaired) electrons. The van der Waals surface area contributed by atoms with Gasteiger partial charge in [0, 0.05) is 26.2 Å². The molecule has 5 heteroatoms. The van der Waals surface area contributed by atoms with Crippen molar-refractivity contribution in [2.75, 3.05) is 13.2 Å². The van der Waals surface area contributed by atoms with Gasteiger partial charge in [0.2, 0.25) is 5.91 Å². The molecule has 0 spiro atoms. The third-order valence-electron chi connectivity index (χ3n) is 2.59. The Morgan fingerprint density at radius 1 is 1.26 bits per heavy atom. The van der Waals surface area contributed by atoms with Crippen LogP contribution in [0.1, 0.15) is 35.7 Å². The van der Waals surface area contributed by atoms with Crippen LogP contribution in [0.25, 0.3) is 0 Å². The number of benzene rings is 1. The zero-order valence-electron chi connectivity index (χ0n) is 11.0. The number of carboxylic acid groups (broad SMARTS) is 1. The summed E-state index contributed by atoms with van der Waals surface area (Å²) >= 11 is 0. The Morgan fingerprint density at radius 3 is 2.53 bits per heavy atom. The number of hydrogen-bond donors (Lipinski definition) is 2. The Balaban J connectivity index is 2.28. The third-order valence-corrected chi connectivity index (χ3v) is 2.59. The van der Waals surface area contributed by atoms with E-state index < -0.39 is 5.97 Å². The van der Waals surface area contributed by atoms with E-state index in [9.17, 15) is 9.59 Å². The SMILES string of the molecule is CCOCCCC(=O)NCc1ccc(C(=O)O)cc1. The summed E-state index contributed by atoms with van der Waals surface area (Å²) in [7, 11) is 0. The monoisotopic (exact) mass is 265 g/mol. The van der Waals surface area contributed by atoms with Gasteiger partial charge in [-0.15, -0.1) is 0 Å². The summed E-state index contributed by atoms with van der Waals surface area (Å²) < 4.78 is 5.15. The molecule has 0 bridgehead atoms. The number of carbonyl (C=O) groups excluding carboxylic acids is 1. The smallest absolute Gasteiger partial charge is 0.335 e. The van der Waals surface area contributed by atoms with Gasteiger partial charge in [0.05, 0.1) is 5.56 Å². The standard InChI is InChI=1S/C14H19NO4/c1-2-19-9-3-4-13(16)15-10-11-5-7-12(8-6-11)14(17)18/h5-8H,2-4,9-10H2,1H3,(H,15,16)(H,17,18). The molecular formula is C14H19NO4. The lowest BCUT2D eigenvalue weighted by molar-refractivity contribution is -0.121. The Morgan fingerprint density at radius 2 is 1.95 bits per heavy atom. The second kappa shape index (κ2) is 8.26. The van der Waals surface area contributed by atoms with Crippen molar-refractivity contribution in [3.05, 3.63) is 35.4 Å². The van der Waals surface area contributed by atoms with Crippen molar-refractivity contribution < 1.29 is 19.4 Å². The Hall–Kier alpha value is -1.88. The minimum atomic E-state index is -0.952. The number of nitrogens with one attached hydrogen (secondary N) is 1. The molecule has 0 aromatic heterocycles. The second-order valence-electron chi connectivity index (χ2n) is 4.08. The molecule has 0 atom stereocenters. The third kappa shape index (κ3) is 6.01. The topological polar surface area (TPSA) is 75.6 Å². The van der Waals surface area contributed by atoms with Gasteiger partial charge in [-0.05, 0) is 31.0 Å². The van der Waals surface area contributed by atoms with Gasteiger partial charge in [0.25, 0.3) is 0 Å². The molecule has 19 heavy (non-hydrogen) atoms. The maximum Gasteiger partial charge on any atom is 0.335 e. The molecule has 1 amide bonds. The molecule has 0 aliphatic heterocycles. The molecule has 0 aliphatic rings. The van der Waals surface area contributed by atoms with E-state index in [0.29, 0.717) is 32.6 Å². The fourth-order valence-corrected chi connectivity index (χ4v) is 1.53. The molecule has 0 heterocycles. The maximum atomic E-state index is 11.5. The number of ether oxygens (including phenoxy) is 1. The van der Waals surface area contributed by atoms with Crippen LogP contribution in [0.15, 0.2) is 24.3 Å². The lowest BCUT2D eigenvalue weighted by Gasteiger charge is -2.06. The summed E-state index contributed by atoms with van der Waals surface area (Å²) in [6.45, 7) is 3.59. The molecule has 5 nitrogen and oxygen atoms in total. The van der Waals surface area contributed by atoms with Gasteiger partial charge < -0.3 is 15.2 Å². The quantitative estimate of drug-likeness (QED) is 0.703. The summed E-state index contributed by atoms with van der Waals surface area (Å²) in [5.74, 6) is -0.978. The average molecular weight is 265 g/mol. The summed E-state index contributed by atoms with van der Waals surface area (Å²) in [6.07, 6.45) is 1.14. The van der Waals surface area contributed by atoms with Crippen LogP contribution in [-0.4, -0.2) is 30.2 Å². The summed E-state index contributed by atoms with van der Waals surface area (Å²) in [4.78, 5) is 22.2. The number of aromatic carboxylic acids is 1. The molecule has 0 unspecified atom stereocenters. The molecular weight excluding hydrogens is 246 g/mol. The molecule has 2 N–H and O–H groups in total. The second-order valence-corrected chi connectivity index (χ2v) is 4.08. The first kappa shape index (κ1) is 15.2. The Kier molecular flexibility index (Phi) is 6.60. The van der Waals surface area contributed by atoms with Gasteiger partial charge in [-0.3, -0.25) is 4.79 Å². The summed E-state index contributed by atoms with van der Waals surface area (Å²) in [5.41, 5.74) is 1.12. The van der Waals surface area contributed by atoms with Crippen LogP contribution in [0.4, 0.5) is 0 Å². The van der Waals surface area contributed by atoms with Crippen LogP contribution in [0.2, 0.25) is 0 Å². The van der Waals surface area contributed by atoms with E-state index in [1.165, 1.54) is 12.1 Å². The summed E-state index contributed by atoms with van der Waals surface area (Å²) in [6, 6.07) is 6.45. The highest BCUT2D eigenvalue weighted by molar-refractivity contribution is 5.87. The van der Waals surface area contributed by atoms with E-state index in [-0.39, 0.29) is 11.5 Å². The van der Waals surface area contributed by atoms with E-state index in [2.05, 4.69) is 5.32 Å². The van der Waals surface area contributed by atoms with Crippen molar-refractivity contribution in [3.63, 3.8) is 0 Å². The van der Waals surface area contributed by atoms with Gasteiger partial charge in [0.1, 0.15) is 0 Å². The summed E-state index contributed by atoms with van der Waals surface area (Å²) in [5, 5.41) is 11.5. The van der Waals surface area contributed by atoms with Gasteiger partial charge in [-0.25, -0.2) is 4.79 Å². The zero-order valence-corrected chi connectivity index (χ0v) is 11.0. The maximum absolute atomic E-state index is 11.5. The lowest BCUT2D eigenvalue weighted by Crippen LogP contribution is -2.22. The molecule has 0 saturated heterocycles. The van der Waals surface area contributed by atoms with Crippen molar-refractivity contribution >= 4 is 11.9 Å². The van der Waals surface area contributed by atoms with Crippen molar-refractivity contribution in [1.82, 2.24) is 5.32 Å². The van der Waals surface area contributed by atoms with E-state index in [0.717, 1.165) is 5.56 Å². The van der Waals surface area contributed by atoms with Crippen LogP contribution in [0.3, 0.4) is 0 Å². The van der Waals surface area contributed by atoms with Gasteiger partial charge in [-0.1, -0.05) is 12.1 Å². The van der Waals surface area contributed by atoms with Gasteiger partial charge in [0.15, 0.2) is 0 Å². The Bertz CT molecular complexity index is 414. The predicted octanol–water partition coefficient (Wildman–Crippen LogP) is 1.82. The highest BCUT2D eigenvalue weighted by Crippen LogP contribution is 2.04. The van der Waals surface area contributed by atoms with Crippen molar-refractivity contribution in [3.8, 4) is 0 Å². The minimum Gasteiger partial charge on any atom is -0.478 e. The van der Waals surface area contributed by atoms with Crippen molar-refractivity contribution in [2.24, 2.45) is 0 Å². The lowest BCUT2D eigenvalue weighted by atomic mass is 10.1. The number of carboxylic acids is 1. The minimum absolute atomic E-state index is 0.0259. The fraction of sp³-hybridized carbons (Fsp3) is 0.429. The van der Waals surface area contributed by atoms with E-state index in [1.54, 1.807) is 12.1 Å². The van der Waals surface area contributed by atoms with Gasteiger partial charge in [-0.2, -0.15) is 0 Å². The van der Waals surface area contributed by atoms with Crippen LogP contribution < -0.4 is 5.32 Å². The molecule has 104 valence electrons. The Labute approximate surface area is 112 Å². The predicted molar refractivity (Wildman–Crippen MR) is 71.0 cm³/mol. The first-order chi connectivity index (χ1) is 9.13. The number of hydrogen-bond acceptors (Lipinski definition) is 3. The van der Waals surface area contributed by atoms with E-state index in [4.69, 9.17) is 9.84 Å². The molecule has 1 aromatic carbocycles. The van der Waals surface area contributed by atoms with Crippen molar-refractivity contribution in [1.29, 1.82) is 0 Å². The molecule has 0 fully saturated rings. The number of rotatable bonds is 8. The zero-order chi connectivity index (χ0) is 14.1. The van der Waals surface area contributed by atoms with Gasteiger partial charge >= 0.3 is 5.97 Å².